The van der Waals surface area contributed by atoms with Crippen LogP contribution in [0.4, 0.5) is 0 Å². The van der Waals surface area contributed by atoms with Crippen LogP contribution in [0.2, 0.25) is 0 Å². The first kappa shape index (κ1) is 22.1. The van der Waals surface area contributed by atoms with Gasteiger partial charge in [0, 0.05) is 6.54 Å². The van der Waals surface area contributed by atoms with Crippen LogP contribution >= 0.6 is 0 Å². The number of nitrogens with zero attached hydrogens (tertiary/aromatic N) is 3. The molecule has 162 valence electrons. The highest BCUT2D eigenvalue weighted by molar-refractivity contribution is 5.68. The highest BCUT2D eigenvalue weighted by Crippen LogP contribution is 2.13. The Morgan fingerprint density at radius 1 is 1.10 bits per heavy atom. The van der Waals surface area contributed by atoms with Crippen molar-refractivity contribution in [2.24, 2.45) is 0 Å². The van der Waals surface area contributed by atoms with E-state index in [1.165, 1.54) is 10.2 Å². The zero-order valence-corrected chi connectivity index (χ0v) is 17.8. The molecule has 1 heterocycles. The third-order valence-electron chi connectivity index (χ3n) is 4.76. The first-order valence-corrected chi connectivity index (χ1v) is 10.3. The molecule has 7 nitrogen and oxygen atoms in total. The summed E-state index contributed by atoms with van der Waals surface area (Å²) in [5, 5.41) is 13.2. The van der Waals surface area contributed by atoms with Crippen LogP contribution in [0.1, 0.15) is 35.9 Å². The van der Waals surface area contributed by atoms with E-state index >= 15 is 0 Å². The Kier molecular flexibility index (Phi) is 7.43. The second kappa shape index (κ2) is 10.4. The lowest BCUT2D eigenvalue weighted by molar-refractivity contribution is -0.139. The highest BCUT2D eigenvalue weighted by Gasteiger charge is 2.11. The molecule has 1 N–H and O–H groups in total. The zero-order chi connectivity index (χ0) is 22.2. The van der Waals surface area contributed by atoms with Gasteiger partial charge in [-0.05, 0) is 49.1 Å². The maximum Gasteiger partial charge on any atom is 0.346 e. The fraction of sp³-hybridized carbons (Fsp3) is 0.292. The van der Waals surface area contributed by atoms with Crippen molar-refractivity contribution in [3.05, 3.63) is 87.6 Å². The number of hydrogen-bond donors (Lipinski definition) is 1. The van der Waals surface area contributed by atoms with E-state index in [9.17, 15) is 9.59 Å². The summed E-state index contributed by atoms with van der Waals surface area (Å²) in [6.07, 6.45) is 5.34. The van der Waals surface area contributed by atoms with Crippen molar-refractivity contribution >= 4 is 12.0 Å². The molecule has 7 heteroatoms. The molecule has 0 bridgehead atoms. The molecular formula is C24H27N3O4. The number of benzene rings is 2. The second-order valence-electron chi connectivity index (χ2n) is 7.37. The zero-order valence-electron chi connectivity index (χ0n) is 17.8. The molecule has 0 unspecified atom stereocenters. The molecule has 0 atom stereocenters. The standard InChI is InChI=1S/C24H27N3O4/c1-3-15-26-22(25-27(24(26)30)16-20-9-7-18(2)8-10-20)6-4-5-19-11-13-21(14-12-19)31-17-23(28)29/h4,6-14H,3,5,15-17H2,1-2H3,(H,28,29)/b6-4+. The summed E-state index contributed by atoms with van der Waals surface area (Å²) in [6, 6.07) is 15.3. The highest BCUT2D eigenvalue weighted by atomic mass is 16.5. The maximum absolute atomic E-state index is 12.8. The molecule has 0 saturated heterocycles. The largest absolute Gasteiger partial charge is 0.482 e. The van der Waals surface area contributed by atoms with E-state index in [4.69, 9.17) is 9.84 Å². The first-order chi connectivity index (χ1) is 15.0. The van der Waals surface area contributed by atoms with Gasteiger partial charge in [-0.15, -0.1) is 5.10 Å². The monoisotopic (exact) mass is 421 g/mol. The summed E-state index contributed by atoms with van der Waals surface area (Å²) in [7, 11) is 0. The number of carbonyl (C=O) groups is 1. The lowest BCUT2D eigenvalue weighted by Crippen LogP contribution is -2.25. The van der Waals surface area contributed by atoms with E-state index in [0.29, 0.717) is 31.1 Å². The van der Waals surface area contributed by atoms with Gasteiger partial charge in [0.05, 0.1) is 6.54 Å². The van der Waals surface area contributed by atoms with Gasteiger partial charge in [-0.25, -0.2) is 14.3 Å². The number of ether oxygens (including phenoxy) is 1. The van der Waals surface area contributed by atoms with Crippen molar-refractivity contribution in [1.29, 1.82) is 0 Å². The first-order valence-electron chi connectivity index (χ1n) is 10.3. The smallest absolute Gasteiger partial charge is 0.346 e. The third-order valence-corrected chi connectivity index (χ3v) is 4.76. The van der Waals surface area contributed by atoms with Gasteiger partial charge < -0.3 is 9.84 Å². The van der Waals surface area contributed by atoms with Gasteiger partial charge in [0.25, 0.3) is 0 Å². The van der Waals surface area contributed by atoms with Crippen molar-refractivity contribution in [3.8, 4) is 5.75 Å². The van der Waals surface area contributed by atoms with Gasteiger partial charge in [0.1, 0.15) is 5.75 Å². The number of aryl methyl sites for hydroxylation is 1. The summed E-state index contributed by atoms with van der Waals surface area (Å²) in [5.74, 6) is 0.147. The van der Waals surface area contributed by atoms with Crippen LogP contribution in [0.3, 0.4) is 0 Å². The van der Waals surface area contributed by atoms with Gasteiger partial charge in [0.2, 0.25) is 0 Å². The van der Waals surface area contributed by atoms with Crippen LogP contribution in [0.15, 0.2) is 59.4 Å². The van der Waals surface area contributed by atoms with Crippen LogP contribution < -0.4 is 10.4 Å². The molecule has 0 spiro atoms. The Bertz CT molecular complexity index is 1090. The summed E-state index contributed by atoms with van der Waals surface area (Å²) >= 11 is 0. The number of rotatable bonds is 10. The van der Waals surface area contributed by atoms with Crippen molar-refractivity contribution < 1.29 is 14.6 Å². The number of aromatic nitrogens is 3. The lowest BCUT2D eigenvalue weighted by Gasteiger charge is -2.03. The van der Waals surface area contributed by atoms with Crippen LogP contribution in [-0.2, 0) is 24.3 Å². The van der Waals surface area contributed by atoms with E-state index in [1.807, 2.05) is 62.4 Å². The van der Waals surface area contributed by atoms with E-state index < -0.39 is 5.97 Å². The molecule has 2 aromatic carbocycles. The lowest BCUT2D eigenvalue weighted by atomic mass is 10.1. The Morgan fingerprint density at radius 2 is 1.77 bits per heavy atom. The van der Waals surface area contributed by atoms with E-state index in [0.717, 1.165) is 17.5 Å². The van der Waals surface area contributed by atoms with Crippen molar-refractivity contribution in [1.82, 2.24) is 14.3 Å². The average molecular weight is 421 g/mol. The topological polar surface area (TPSA) is 86.3 Å². The second-order valence-corrected chi connectivity index (χ2v) is 7.37. The van der Waals surface area contributed by atoms with Crippen LogP contribution in [-0.4, -0.2) is 32.0 Å². The molecule has 1 aromatic heterocycles. The normalized spacial score (nSPS) is 11.2. The van der Waals surface area contributed by atoms with Gasteiger partial charge in [-0.2, -0.15) is 0 Å². The predicted molar refractivity (Wildman–Crippen MR) is 119 cm³/mol. The fourth-order valence-corrected chi connectivity index (χ4v) is 3.15. The average Bonchev–Trinajstić information content (AvgIpc) is 3.04. The van der Waals surface area contributed by atoms with Crippen LogP contribution in [0.25, 0.3) is 6.08 Å². The molecule has 0 aliphatic carbocycles. The summed E-state index contributed by atoms with van der Waals surface area (Å²) in [6.45, 7) is 4.76. The number of carboxylic acids is 1. The van der Waals surface area contributed by atoms with Gasteiger partial charge in [0.15, 0.2) is 12.4 Å². The SMILES string of the molecule is CCCn1c(/C=C/Cc2ccc(OCC(=O)O)cc2)nn(Cc2ccc(C)cc2)c1=O. The number of aliphatic carboxylic acids is 1. The number of hydrogen-bond acceptors (Lipinski definition) is 4. The van der Waals surface area contributed by atoms with Gasteiger partial charge in [-0.3, -0.25) is 4.57 Å². The quantitative estimate of drug-likeness (QED) is 0.541. The molecule has 0 amide bonds. The summed E-state index contributed by atoms with van der Waals surface area (Å²) in [5.41, 5.74) is 3.15. The molecule has 0 saturated carbocycles. The Hall–Kier alpha value is -3.61. The molecule has 0 aliphatic rings. The molecule has 3 rings (SSSR count). The Balaban J connectivity index is 1.71. The molecule has 0 radical (unpaired) electrons. The van der Waals surface area contributed by atoms with Crippen molar-refractivity contribution in [2.75, 3.05) is 6.61 Å². The molecule has 0 fully saturated rings. The van der Waals surface area contributed by atoms with Crippen molar-refractivity contribution in [2.45, 2.75) is 39.8 Å². The minimum Gasteiger partial charge on any atom is -0.482 e. The predicted octanol–water partition coefficient (Wildman–Crippen LogP) is 3.53. The molecule has 3 aromatic rings. The minimum absolute atomic E-state index is 0.109. The summed E-state index contributed by atoms with van der Waals surface area (Å²) in [4.78, 5) is 23.4. The number of allylic oxidation sites excluding steroid dienone is 1. The molecule has 0 aliphatic heterocycles. The van der Waals surface area contributed by atoms with Crippen LogP contribution in [0.5, 0.6) is 5.75 Å². The maximum atomic E-state index is 12.8. The Labute approximate surface area is 181 Å². The summed E-state index contributed by atoms with van der Waals surface area (Å²) < 4.78 is 8.35. The van der Waals surface area contributed by atoms with Crippen LogP contribution in [0, 0.1) is 6.92 Å². The number of carboxylic acid groups (broad SMARTS) is 1. The van der Waals surface area contributed by atoms with E-state index in [-0.39, 0.29) is 12.3 Å². The van der Waals surface area contributed by atoms with E-state index in [1.54, 1.807) is 16.7 Å². The van der Waals surface area contributed by atoms with Crippen molar-refractivity contribution in [3.63, 3.8) is 0 Å². The fourth-order valence-electron chi connectivity index (χ4n) is 3.15. The molecular weight excluding hydrogens is 394 g/mol. The van der Waals surface area contributed by atoms with Gasteiger partial charge in [-0.1, -0.05) is 55.0 Å². The third kappa shape index (κ3) is 6.18. The van der Waals surface area contributed by atoms with Gasteiger partial charge >= 0.3 is 11.7 Å². The van der Waals surface area contributed by atoms with E-state index in [2.05, 4.69) is 5.10 Å². The Morgan fingerprint density at radius 3 is 2.42 bits per heavy atom. The minimum atomic E-state index is -1.01. The molecule has 31 heavy (non-hydrogen) atoms.